The predicted molar refractivity (Wildman–Crippen MR) is 76.2 cm³/mol. The third kappa shape index (κ3) is 4.97. The van der Waals surface area contributed by atoms with Gasteiger partial charge in [0.05, 0.1) is 0 Å². The van der Waals surface area contributed by atoms with Crippen LogP contribution in [-0.4, -0.2) is 30.1 Å². The van der Waals surface area contributed by atoms with Crippen molar-refractivity contribution in [2.75, 3.05) is 13.1 Å². The Kier molecular flexibility index (Phi) is 7.87. The standard InChI is InChI=1S/C15H32N2/c1-3-5-6-7-12-15(13-16)17(4-2)14-10-8-9-11-14/h14-15H,3-13,16H2,1-2H3. The molecule has 1 aliphatic rings. The van der Waals surface area contributed by atoms with Gasteiger partial charge in [-0.25, -0.2) is 0 Å². The Hall–Kier alpha value is -0.0800. The van der Waals surface area contributed by atoms with E-state index < -0.39 is 0 Å². The van der Waals surface area contributed by atoms with Crippen LogP contribution in [0.1, 0.15) is 71.6 Å². The van der Waals surface area contributed by atoms with Crippen LogP contribution < -0.4 is 5.73 Å². The van der Waals surface area contributed by atoms with Gasteiger partial charge in [-0.2, -0.15) is 0 Å². The maximum atomic E-state index is 5.99. The quantitative estimate of drug-likeness (QED) is 0.625. The van der Waals surface area contributed by atoms with Gasteiger partial charge in [0.25, 0.3) is 0 Å². The average Bonchev–Trinajstić information content (AvgIpc) is 2.86. The van der Waals surface area contributed by atoms with Crippen molar-refractivity contribution in [3.8, 4) is 0 Å². The summed E-state index contributed by atoms with van der Waals surface area (Å²) >= 11 is 0. The molecule has 17 heavy (non-hydrogen) atoms. The first-order valence-corrected chi connectivity index (χ1v) is 7.79. The van der Waals surface area contributed by atoms with Crippen LogP contribution in [0.3, 0.4) is 0 Å². The van der Waals surface area contributed by atoms with Crippen LogP contribution in [0.5, 0.6) is 0 Å². The topological polar surface area (TPSA) is 29.3 Å². The van der Waals surface area contributed by atoms with Crippen molar-refractivity contribution in [2.45, 2.75) is 83.7 Å². The van der Waals surface area contributed by atoms with E-state index >= 15 is 0 Å². The van der Waals surface area contributed by atoms with Crippen molar-refractivity contribution in [1.82, 2.24) is 4.90 Å². The number of unbranched alkanes of at least 4 members (excludes halogenated alkanes) is 3. The van der Waals surface area contributed by atoms with Gasteiger partial charge in [-0.15, -0.1) is 0 Å². The molecular formula is C15H32N2. The Morgan fingerprint density at radius 2 is 1.82 bits per heavy atom. The molecule has 2 heteroatoms. The molecule has 1 aliphatic carbocycles. The number of hydrogen-bond donors (Lipinski definition) is 1. The molecule has 2 nitrogen and oxygen atoms in total. The van der Waals surface area contributed by atoms with Gasteiger partial charge in [-0.3, -0.25) is 4.90 Å². The summed E-state index contributed by atoms with van der Waals surface area (Å²) in [7, 11) is 0. The maximum absolute atomic E-state index is 5.99. The van der Waals surface area contributed by atoms with E-state index in [-0.39, 0.29) is 0 Å². The van der Waals surface area contributed by atoms with Gasteiger partial charge >= 0.3 is 0 Å². The van der Waals surface area contributed by atoms with Crippen LogP contribution in [0.25, 0.3) is 0 Å². The first kappa shape index (κ1) is 15.0. The second-order valence-corrected chi connectivity index (χ2v) is 5.51. The van der Waals surface area contributed by atoms with Crippen molar-refractivity contribution in [3.63, 3.8) is 0 Å². The summed E-state index contributed by atoms with van der Waals surface area (Å²) in [5.41, 5.74) is 5.99. The van der Waals surface area contributed by atoms with E-state index in [0.717, 1.165) is 12.6 Å². The summed E-state index contributed by atoms with van der Waals surface area (Å²) in [6, 6.07) is 1.47. The van der Waals surface area contributed by atoms with Crippen molar-refractivity contribution in [1.29, 1.82) is 0 Å². The second kappa shape index (κ2) is 8.93. The SMILES string of the molecule is CCCCCCC(CN)N(CC)C1CCCC1. The normalized spacial score (nSPS) is 19.1. The Bertz CT molecular complexity index is 176. The summed E-state index contributed by atoms with van der Waals surface area (Å²) in [5, 5.41) is 0. The van der Waals surface area contributed by atoms with E-state index in [0.29, 0.717) is 6.04 Å². The predicted octanol–water partition coefficient (Wildman–Crippen LogP) is 3.55. The number of hydrogen-bond acceptors (Lipinski definition) is 2. The van der Waals surface area contributed by atoms with Crippen molar-refractivity contribution >= 4 is 0 Å². The van der Waals surface area contributed by atoms with Gasteiger partial charge in [0.15, 0.2) is 0 Å². The minimum atomic E-state index is 0.639. The van der Waals surface area contributed by atoms with Crippen LogP contribution in [0, 0.1) is 0 Å². The molecule has 0 saturated heterocycles. The van der Waals surface area contributed by atoms with E-state index in [1.165, 1.54) is 64.3 Å². The summed E-state index contributed by atoms with van der Waals surface area (Å²) in [5.74, 6) is 0. The lowest BCUT2D eigenvalue weighted by Gasteiger charge is -2.35. The molecular weight excluding hydrogens is 208 g/mol. The third-order valence-electron chi connectivity index (χ3n) is 4.29. The van der Waals surface area contributed by atoms with Crippen LogP contribution >= 0.6 is 0 Å². The summed E-state index contributed by atoms with van der Waals surface area (Å²) in [4.78, 5) is 2.69. The number of rotatable bonds is 9. The second-order valence-electron chi connectivity index (χ2n) is 5.51. The van der Waals surface area contributed by atoms with E-state index in [2.05, 4.69) is 18.7 Å². The molecule has 0 aromatic carbocycles. The van der Waals surface area contributed by atoms with E-state index in [4.69, 9.17) is 5.73 Å². The molecule has 0 amide bonds. The van der Waals surface area contributed by atoms with Gasteiger partial charge in [0, 0.05) is 18.6 Å². The minimum Gasteiger partial charge on any atom is -0.329 e. The first-order valence-electron chi connectivity index (χ1n) is 7.79. The molecule has 0 aliphatic heterocycles. The van der Waals surface area contributed by atoms with Gasteiger partial charge in [0.2, 0.25) is 0 Å². The molecule has 0 aromatic rings. The monoisotopic (exact) mass is 240 g/mol. The minimum absolute atomic E-state index is 0.639. The Morgan fingerprint density at radius 1 is 1.12 bits per heavy atom. The van der Waals surface area contributed by atoms with Gasteiger partial charge in [0.1, 0.15) is 0 Å². The van der Waals surface area contributed by atoms with E-state index in [1.807, 2.05) is 0 Å². The van der Waals surface area contributed by atoms with Gasteiger partial charge < -0.3 is 5.73 Å². The summed E-state index contributed by atoms with van der Waals surface area (Å²) < 4.78 is 0. The molecule has 1 fully saturated rings. The first-order chi connectivity index (χ1) is 8.33. The number of nitrogens with two attached hydrogens (primary N) is 1. The molecule has 0 spiro atoms. The van der Waals surface area contributed by atoms with E-state index in [9.17, 15) is 0 Å². The molecule has 1 unspecified atom stereocenters. The molecule has 0 aromatic heterocycles. The maximum Gasteiger partial charge on any atom is 0.0221 e. The molecule has 1 rings (SSSR count). The zero-order valence-corrected chi connectivity index (χ0v) is 12.0. The fraction of sp³-hybridized carbons (Fsp3) is 1.00. The van der Waals surface area contributed by atoms with Crippen LogP contribution in [0.2, 0.25) is 0 Å². The lowest BCUT2D eigenvalue weighted by molar-refractivity contribution is 0.137. The lowest BCUT2D eigenvalue weighted by atomic mass is 10.0. The van der Waals surface area contributed by atoms with Gasteiger partial charge in [-0.05, 0) is 25.8 Å². The van der Waals surface area contributed by atoms with Crippen molar-refractivity contribution in [2.24, 2.45) is 5.73 Å². The van der Waals surface area contributed by atoms with Crippen molar-refractivity contribution in [3.05, 3.63) is 0 Å². The third-order valence-corrected chi connectivity index (χ3v) is 4.29. The summed E-state index contributed by atoms with van der Waals surface area (Å²) in [6.45, 7) is 6.60. The summed E-state index contributed by atoms with van der Waals surface area (Å²) in [6.07, 6.45) is 12.4. The van der Waals surface area contributed by atoms with Crippen molar-refractivity contribution < 1.29 is 0 Å². The molecule has 102 valence electrons. The smallest absolute Gasteiger partial charge is 0.0221 e. The molecule has 1 atom stereocenters. The van der Waals surface area contributed by atoms with Crippen LogP contribution in [0.4, 0.5) is 0 Å². The Balaban J connectivity index is 2.33. The number of likely N-dealkylation sites (N-methyl/N-ethyl adjacent to an activating group) is 1. The highest BCUT2D eigenvalue weighted by Gasteiger charge is 2.26. The molecule has 0 bridgehead atoms. The Morgan fingerprint density at radius 3 is 2.35 bits per heavy atom. The fourth-order valence-electron chi connectivity index (χ4n) is 3.28. The lowest BCUT2D eigenvalue weighted by Crippen LogP contribution is -2.45. The highest BCUT2D eigenvalue weighted by molar-refractivity contribution is 4.82. The fourth-order valence-corrected chi connectivity index (χ4v) is 3.28. The zero-order chi connectivity index (χ0) is 12.5. The molecule has 2 N–H and O–H groups in total. The molecule has 0 radical (unpaired) electrons. The molecule has 1 saturated carbocycles. The molecule has 0 heterocycles. The largest absolute Gasteiger partial charge is 0.329 e. The van der Waals surface area contributed by atoms with Gasteiger partial charge in [-0.1, -0.05) is 52.4 Å². The average molecular weight is 240 g/mol. The van der Waals surface area contributed by atoms with Crippen LogP contribution in [0.15, 0.2) is 0 Å². The zero-order valence-electron chi connectivity index (χ0n) is 12.0. The van der Waals surface area contributed by atoms with E-state index in [1.54, 1.807) is 0 Å². The highest BCUT2D eigenvalue weighted by atomic mass is 15.2. The Labute approximate surface area is 108 Å². The highest BCUT2D eigenvalue weighted by Crippen LogP contribution is 2.26. The number of nitrogens with zero attached hydrogens (tertiary/aromatic N) is 1. The van der Waals surface area contributed by atoms with Crippen LogP contribution in [-0.2, 0) is 0 Å².